The largest absolute Gasteiger partial charge is 0.391 e. The van der Waals surface area contributed by atoms with Crippen molar-refractivity contribution in [3.63, 3.8) is 0 Å². The maximum absolute atomic E-state index is 14.1. The normalized spacial score (nSPS) is 20.4. The molecule has 1 unspecified atom stereocenters. The molecule has 1 aromatic heterocycles. The summed E-state index contributed by atoms with van der Waals surface area (Å²) in [7, 11) is 0. The van der Waals surface area contributed by atoms with Crippen molar-refractivity contribution in [2.75, 3.05) is 6.54 Å². The number of hydrogen-bond acceptors (Lipinski definition) is 5. The Bertz CT molecular complexity index is 1310. The number of aromatic nitrogens is 3. The van der Waals surface area contributed by atoms with Crippen LogP contribution < -0.4 is 5.32 Å². The van der Waals surface area contributed by atoms with E-state index in [4.69, 9.17) is 0 Å². The summed E-state index contributed by atoms with van der Waals surface area (Å²) in [5, 5.41) is 21.9. The molecule has 38 heavy (non-hydrogen) atoms. The number of rotatable bonds is 7. The summed E-state index contributed by atoms with van der Waals surface area (Å²) in [5.41, 5.74) is 2.52. The van der Waals surface area contributed by atoms with Crippen molar-refractivity contribution in [3.05, 3.63) is 71.8 Å². The van der Waals surface area contributed by atoms with Gasteiger partial charge in [0, 0.05) is 37.2 Å². The summed E-state index contributed by atoms with van der Waals surface area (Å²) in [5.74, 6) is -0.456. The number of aliphatic hydroxyl groups excluding tert-OH is 1. The minimum Gasteiger partial charge on any atom is -0.391 e. The van der Waals surface area contributed by atoms with Gasteiger partial charge in [0.15, 0.2) is 0 Å². The zero-order valence-electron chi connectivity index (χ0n) is 22.0. The molecule has 1 saturated heterocycles. The van der Waals surface area contributed by atoms with E-state index in [1.165, 1.54) is 11.0 Å². The van der Waals surface area contributed by atoms with Gasteiger partial charge in [0.1, 0.15) is 17.9 Å². The second-order valence-corrected chi connectivity index (χ2v) is 11.5. The Kier molecular flexibility index (Phi) is 7.05. The molecular formula is C29H34FN5O3. The second-order valence-electron chi connectivity index (χ2n) is 11.5. The highest BCUT2D eigenvalue weighted by molar-refractivity contribution is 5.90. The van der Waals surface area contributed by atoms with E-state index in [1.807, 2.05) is 51.2 Å². The van der Waals surface area contributed by atoms with E-state index in [-0.39, 0.29) is 37.1 Å². The van der Waals surface area contributed by atoms with Crippen LogP contribution in [0.25, 0.3) is 11.1 Å². The van der Waals surface area contributed by atoms with Crippen LogP contribution in [-0.2, 0) is 16.1 Å². The smallest absolute Gasteiger partial charge is 0.248 e. The third-order valence-corrected chi connectivity index (χ3v) is 7.31. The first-order valence-electron chi connectivity index (χ1n) is 13.1. The van der Waals surface area contributed by atoms with E-state index in [0.29, 0.717) is 11.5 Å². The number of carbonyl (C=O) groups excluding carboxylic acids is 2. The van der Waals surface area contributed by atoms with E-state index >= 15 is 0 Å². The van der Waals surface area contributed by atoms with Gasteiger partial charge in [-0.2, -0.15) is 0 Å². The molecule has 0 bridgehead atoms. The van der Waals surface area contributed by atoms with Crippen LogP contribution in [0.5, 0.6) is 0 Å². The molecule has 200 valence electrons. The highest BCUT2D eigenvalue weighted by Gasteiger charge is 2.45. The Balaban J connectivity index is 1.27. The first-order chi connectivity index (χ1) is 18.1. The molecule has 2 amide bonds. The number of benzene rings is 2. The van der Waals surface area contributed by atoms with Gasteiger partial charge in [0.2, 0.25) is 11.8 Å². The van der Waals surface area contributed by atoms with E-state index in [0.717, 1.165) is 29.7 Å². The molecule has 5 rings (SSSR count). The fourth-order valence-corrected chi connectivity index (χ4v) is 5.13. The number of β-amino-alcohol motifs (C(OH)–C–C–N with tert-alkyl or cyclic N) is 1. The van der Waals surface area contributed by atoms with Crippen LogP contribution in [0.3, 0.4) is 0 Å². The third-order valence-electron chi connectivity index (χ3n) is 7.31. The van der Waals surface area contributed by atoms with E-state index < -0.39 is 23.6 Å². The van der Waals surface area contributed by atoms with Crippen LogP contribution in [0, 0.1) is 11.2 Å². The number of carbonyl (C=O) groups is 2. The van der Waals surface area contributed by atoms with Crippen molar-refractivity contribution in [1.29, 1.82) is 0 Å². The minimum atomic E-state index is -0.786. The Hall–Kier alpha value is -3.59. The van der Waals surface area contributed by atoms with Crippen molar-refractivity contribution in [1.82, 2.24) is 25.2 Å². The van der Waals surface area contributed by atoms with E-state index in [9.17, 15) is 19.1 Å². The lowest BCUT2D eigenvalue weighted by atomic mass is 9.85. The third kappa shape index (κ3) is 5.48. The lowest BCUT2D eigenvalue weighted by Crippen LogP contribution is -2.50. The Morgan fingerprint density at radius 2 is 1.84 bits per heavy atom. The van der Waals surface area contributed by atoms with Crippen LogP contribution in [0.2, 0.25) is 0 Å². The zero-order chi connectivity index (χ0) is 27.0. The van der Waals surface area contributed by atoms with Crippen LogP contribution in [-0.4, -0.2) is 55.5 Å². The molecule has 2 aliphatic rings. The molecule has 1 aliphatic carbocycles. The molecule has 0 spiro atoms. The fourth-order valence-electron chi connectivity index (χ4n) is 5.13. The summed E-state index contributed by atoms with van der Waals surface area (Å²) in [6.07, 6.45) is 3.40. The van der Waals surface area contributed by atoms with Gasteiger partial charge in [-0.3, -0.25) is 9.59 Å². The van der Waals surface area contributed by atoms with Gasteiger partial charge >= 0.3 is 0 Å². The number of nitrogens with zero attached hydrogens (tertiary/aromatic N) is 4. The van der Waals surface area contributed by atoms with Crippen LogP contribution in [0.4, 0.5) is 4.39 Å². The predicted octanol–water partition coefficient (Wildman–Crippen LogP) is 3.83. The van der Waals surface area contributed by atoms with Gasteiger partial charge in [0.05, 0.1) is 11.8 Å². The minimum absolute atomic E-state index is 0.0883. The molecule has 2 fully saturated rings. The SMILES string of the molecule is CC(C)(C)C(C(=O)N1C[C@H](O)C[C@H]1C(=O)NCc1ccc(-c2ccccc2F)cc1)n1cc(C2CC2)nn1. The van der Waals surface area contributed by atoms with Gasteiger partial charge in [-0.15, -0.1) is 5.10 Å². The zero-order valence-corrected chi connectivity index (χ0v) is 22.0. The second kappa shape index (κ2) is 10.3. The molecule has 3 aromatic rings. The highest BCUT2D eigenvalue weighted by Crippen LogP contribution is 2.40. The summed E-state index contributed by atoms with van der Waals surface area (Å²) in [6, 6.07) is 12.4. The number of hydrogen-bond donors (Lipinski definition) is 2. The quantitative estimate of drug-likeness (QED) is 0.494. The van der Waals surface area contributed by atoms with Gasteiger partial charge in [-0.25, -0.2) is 9.07 Å². The maximum atomic E-state index is 14.1. The number of nitrogens with one attached hydrogen (secondary N) is 1. The van der Waals surface area contributed by atoms with Crippen molar-refractivity contribution >= 4 is 11.8 Å². The van der Waals surface area contributed by atoms with Gasteiger partial charge in [-0.1, -0.05) is 68.4 Å². The number of aliphatic hydroxyl groups is 1. The molecular weight excluding hydrogens is 485 g/mol. The Morgan fingerprint density at radius 1 is 1.13 bits per heavy atom. The highest BCUT2D eigenvalue weighted by atomic mass is 19.1. The molecule has 1 saturated carbocycles. The first-order valence-corrected chi connectivity index (χ1v) is 13.1. The molecule has 3 atom stereocenters. The lowest BCUT2D eigenvalue weighted by Gasteiger charge is -2.34. The fraction of sp³-hybridized carbons (Fsp3) is 0.448. The van der Waals surface area contributed by atoms with E-state index in [1.54, 1.807) is 22.9 Å². The van der Waals surface area contributed by atoms with Gasteiger partial charge < -0.3 is 15.3 Å². The standard InChI is InChI=1S/C29H34FN5O3/c1-29(2,3)26(35-17-24(32-33-35)20-12-13-20)28(38)34-16-21(36)14-25(34)27(37)31-15-18-8-10-19(11-9-18)22-6-4-5-7-23(22)30/h4-11,17,20-21,25-26,36H,12-16H2,1-3H3,(H,31,37)/t21-,25+,26?/m1/s1. The van der Waals surface area contributed by atoms with Gasteiger partial charge in [0.25, 0.3) is 0 Å². The van der Waals surface area contributed by atoms with Crippen molar-refractivity contribution in [3.8, 4) is 11.1 Å². The topological polar surface area (TPSA) is 100 Å². The molecule has 8 nitrogen and oxygen atoms in total. The van der Waals surface area contributed by atoms with E-state index in [2.05, 4.69) is 15.6 Å². The lowest BCUT2D eigenvalue weighted by molar-refractivity contribution is -0.144. The summed E-state index contributed by atoms with van der Waals surface area (Å²) >= 11 is 0. The number of likely N-dealkylation sites (tertiary alicyclic amines) is 1. The van der Waals surface area contributed by atoms with Crippen LogP contribution >= 0.6 is 0 Å². The molecule has 2 aromatic carbocycles. The monoisotopic (exact) mass is 519 g/mol. The van der Waals surface area contributed by atoms with Crippen LogP contribution in [0.1, 0.15) is 63.3 Å². The molecule has 1 aliphatic heterocycles. The molecule has 0 radical (unpaired) electrons. The molecule has 2 N–H and O–H groups in total. The number of halogens is 1. The predicted molar refractivity (Wildman–Crippen MR) is 140 cm³/mol. The van der Waals surface area contributed by atoms with Crippen molar-refractivity contribution in [2.24, 2.45) is 5.41 Å². The summed E-state index contributed by atoms with van der Waals surface area (Å²) < 4.78 is 15.7. The average Bonchev–Trinajstić information content (AvgIpc) is 3.49. The van der Waals surface area contributed by atoms with Crippen molar-refractivity contribution in [2.45, 2.75) is 70.7 Å². The molecule has 9 heteroatoms. The maximum Gasteiger partial charge on any atom is 0.248 e. The summed E-state index contributed by atoms with van der Waals surface area (Å²) in [4.78, 5) is 28.5. The van der Waals surface area contributed by atoms with Crippen LogP contribution in [0.15, 0.2) is 54.7 Å². The molecule has 2 heterocycles. The average molecular weight is 520 g/mol. The van der Waals surface area contributed by atoms with Gasteiger partial charge in [-0.05, 0) is 35.4 Å². The van der Waals surface area contributed by atoms with Crippen molar-refractivity contribution < 1.29 is 19.1 Å². The first kappa shape index (κ1) is 26.0. The Morgan fingerprint density at radius 3 is 2.50 bits per heavy atom. The Labute approximate surface area is 221 Å². The summed E-state index contributed by atoms with van der Waals surface area (Å²) in [6.45, 7) is 6.22. The number of amides is 2.